The quantitative estimate of drug-likeness (QED) is 0.0195. The average molecular weight is 1230 g/mol. The second-order valence-electron chi connectivity index (χ2n) is 26.7. The molecule has 1 fully saturated rings. The third-order valence-electron chi connectivity index (χ3n) is 18.3. The van der Waals surface area contributed by atoms with Crippen LogP contribution in [-0.2, 0) is 23.8 Å². The van der Waals surface area contributed by atoms with Gasteiger partial charge in [-0.05, 0) is 44.9 Å². The van der Waals surface area contributed by atoms with Gasteiger partial charge >= 0.3 is 5.97 Å². The van der Waals surface area contributed by atoms with Crippen LogP contribution in [-0.4, -0.2) is 100 Å². The molecular formula is C76H145NO10. The van der Waals surface area contributed by atoms with Crippen LogP contribution in [0.15, 0.2) is 24.3 Å². The topological polar surface area (TPSA) is 175 Å². The molecule has 11 heteroatoms. The zero-order valence-electron chi connectivity index (χ0n) is 57.3. The summed E-state index contributed by atoms with van der Waals surface area (Å²) in [4.78, 5) is 25.1. The van der Waals surface area contributed by atoms with Crippen LogP contribution in [0.2, 0.25) is 0 Å². The maximum absolute atomic E-state index is 13.1. The van der Waals surface area contributed by atoms with Gasteiger partial charge in [0.2, 0.25) is 5.91 Å². The maximum Gasteiger partial charge on any atom is 0.305 e. The Bertz CT molecular complexity index is 1490. The van der Waals surface area contributed by atoms with Crippen LogP contribution in [0.3, 0.4) is 0 Å². The summed E-state index contributed by atoms with van der Waals surface area (Å²) in [6, 6.07) is -0.823. The Balaban J connectivity index is 1.90. The first-order valence-corrected chi connectivity index (χ1v) is 38.1. The standard InChI is InChI=1S/C76H145NO10/c1-3-5-7-9-11-13-15-42-46-50-54-58-62-69(79)68(67-86-76-75(84)74(83)73(82)70(66-78)87-76)77-71(80)63-59-55-51-47-43-40-38-36-34-32-30-28-26-24-22-20-18-17-19-21-23-25-27-29-31-33-35-37-39-41-45-49-53-57-61-65-85-72(81)64-60-56-52-48-44-16-14-12-10-8-6-4-2/h42,46,58,62,68-70,73-76,78-79,82-84H,3-41,43-45,47-57,59-61,63-67H2,1-2H3,(H,77,80)/b46-42+,62-58+. The number of ether oxygens (including phenoxy) is 3. The monoisotopic (exact) mass is 1230 g/mol. The molecule has 0 aromatic heterocycles. The zero-order valence-corrected chi connectivity index (χ0v) is 57.3. The first-order chi connectivity index (χ1) is 42.7. The summed E-state index contributed by atoms with van der Waals surface area (Å²) in [7, 11) is 0. The largest absolute Gasteiger partial charge is 0.466 e. The van der Waals surface area contributed by atoms with Gasteiger partial charge in [-0.15, -0.1) is 0 Å². The van der Waals surface area contributed by atoms with E-state index in [-0.39, 0.29) is 18.5 Å². The summed E-state index contributed by atoms with van der Waals surface area (Å²) in [5, 5.41) is 54.5. The fraction of sp³-hybridized carbons (Fsp3) is 0.921. The van der Waals surface area contributed by atoms with Crippen LogP contribution < -0.4 is 5.32 Å². The molecule has 0 saturated carbocycles. The number of amides is 1. The normalized spacial score (nSPS) is 17.9. The molecule has 0 bridgehead atoms. The molecule has 0 aromatic rings. The first-order valence-electron chi connectivity index (χ1n) is 38.1. The van der Waals surface area contributed by atoms with Crippen molar-refractivity contribution in [2.24, 2.45) is 0 Å². The van der Waals surface area contributed by atoms with Gasteiger partial charge in [0.25, 0.3) is 0 Å². The summed E-state index contributed by atoms with van der Waals surface area (Å²) in [5.41, 5.74) is 0. The molecule has 0 aliphatic carbocycles. The van der Waals surface area contributed by atoms with E-state index in [0.29, 0.717) is 19.4 Å². The van der Waals surface area contributed by atoms with E-state index in [1.54, 1.807) is 6.08 Å². The smallest absolute Gasteiger partial charge is 0.305 e. The summed E-state index contributed by atoms with van der Waals surface area (Å²) in [6.07, 6.45) is 73.5. The lowest BCUT2D eigenvalue weighted by atomic mass is 9.99. The zero-order chi connectivity index (χ0) is 63.0. The molecule has 6 N–H and O–H groups in total. The van der Waals surface area contributed by atoms with Crippen LogP contribution >= 0.6 is 0 Å². The van der Waals surface area contributed by atoms with E-state index >= 15 is 0 Å². The van der Waals surface area contributed by atoms with Crippen LogP contribution in [0.1, 0.15) is 386 Å². The summed E-state index contributed by atoms with van der Waals surface area (Å²) < 4.78 is 16.7. The van der Waals surface area contributed by atoms with E-state index in [0.717, 1.165) is 51.4 Å². The molecule has 87 heavy (non-hydrogen) atoms. The number of hydrogen-bond acceptors (Lipinski definition) is 10. The van der Waals surface area contributed by atoms with Crippen LogP contribution in [0.5, 0.6) is 0 Å². The van der Waals surface area contributed by atoms with E-state index < -0.39 is 49.5 Å². The number of rotatable bonds is 68. The number of allylic oxidation sites excluding steroid dienone is 3. The van der Waals surface area contributed by atoms with E-state index in [1.165, 1.54) is 308 Å². The highest BCUT2D eigenvalue weighted by molar-refractivity contribution is 5.76. The van der Waals surface area contributed by atoms with E-state index in [1.807, 2.05) is 6.08 Å². The molecule has 1 aliphatic rings. The number of nitrogens with one attached hydrogen (secondary N) is 1. The predicted octanol–water partition coefficient (Wildman–Crippen LogP) is 20.0. The van der Waals surface area contributed by atoms with E-state index in [2.05, 4.69) is 31.3 Å². The van der Waals surface area contributed by atoms with Gasteiger partial charge in [-0.25, -0.2) is 0 Å². The van der Waals surface area contributed by atoms with E-state index in [4.69, 9.17) is 14.2 Å². The van der Waals surface area contributed by atoms with Crippen molar-refractivity contribution < 1.29 is 49.3 Å². The number of carbonyl (C=O) groups is 2. The Kier molecular flexibility index (Phi) is 62.7. The molecule has 7 unspecified atom stereocenters. The molecule has 0 spiro atoms. The molecule has 1 rings (SSSR count). The Labute approximate surface area is 537 Å². The molecule has 514 valence electrons. The number of aliphatic hydroxyl groups is 5. The van der Waals surface area contributed by atoms with Gasteiger partial charge < -0.3 is 45.1 Å². The molecule has 11 nitrogen and oxygen atoms in total. The fourth-order valence-corrected chi connectivity index (χ4v) is 12.3. The Morgan fingerprint density at radius 2 is 0.747 bits per heavy atom. The van der Waals surface area contributed by atoms with Crippen molar-refractivity contribution >= 4 is 11.9 Å². The van der Waals surface area contributed by atoms with Crippen molar-refractivity contribution in [1.82, 2.24) is 5.32 Å². The van der Waals surface area contributed by atoms with Crippen LogP contribution in [0.4, 0.5) is 0 Å². The number of esters is 1. The lowest BCUT2D eigenvalue weighted by Crippen LogP contribution is -2.60. The van der Waals surface area contributed by atoms with E-state index in [9.17, 15) is 35.1 Å². The molecule has 1 heterocycles. The summed E-state index contributed by atoms with van der Waals surface area (Å²) in [6.45, 7) is 4.36. The van der Waals surface area contributed by atoms with Gasteiger partial charge in [-0.1, -0.05) is 353 Å². The van der Waals surface area contributed by atoms with Crippen LogP contribution in [0, 0.1) is 0 Å². The third kappa shape index (κ3) is 54.4. The van der Waals surface area contributed by atoms with Gasteiger partial charge in [0.1, 0.15) is 24.4 Å². The SMILES string of the molecule is CCCCCCCC/C=C/CC/C=C/C(O)C(COC1OC(CO)C(O)C(O)C1O)NC(=O)CCCCCCCCCCCCCCCCCCCCCCCCCCCCCCCCCCCCCOC(=O)CCCCCCCCCCCCCC. The van der Waals surface area contributed by atoms with Crippen molar-refractivity contribution in [2.45, 2.75) is 429 Å². The van der Waals surface area contributed by atoms with Crippen molar-refractivity contribution in [2.75, 3.05) is 19.8 Å². The Hall–Kier alpha value is -1.86. The Morgan fingerprint density at radius 3 is 1.14 bits per heavy atom. The molecule has 1 amide bonds. The molecule has 1 saturated heterocycles. The molecule has 1 aliphatic heterocycles. The predicted molar refractivity (Wildman–Crippen MR) is 366 cm³/mol. The van der Waals surface area contributed by atoms with Crippen LogP contribution in [0.25, 0.3) is 0 Å². The molecule has 0 aromatic carbocycles. The lowest BCUT2D eigenvalue weighted by Gasteiger charge is -2.40. The first kappa shape index (κ1) is 83.2. The highest BCUT2D eigenvalue weighted by Crippen LogP contribution is 2.24. The summed E-state index contributed by atoms with van der Waals surface area (Å²) >= 11 is 0. The number of carbonyl (C=O) groups excluding carboxylic acids is 2. The van der Waals surface area contributed by atoms with Gasteiger partial charge in [-0.2, -0.15) is 0 Å². The molecule has 7 atom stereocenters. The van der Waals surface area contributed by atoms with Crippen molar-refractivity contribution in [3.8, 4) is 0 Å². The highest BCUT2D eigenvalue weighted by Gasteiger charge is 2.44. The fourth-order valence-electron chi connectivity index (χ4n) is 12.3. The number of unbranched alkanes of at least 4 members (excludes halogenated alkanes) is 52. The third-order valence-corrected chi connectivity index (χ3v) is 18.3. The molecule has 0 radical (unpaired) electrons. The van der Waals surface area contributed by atoms with Gasteiger partial charge in [-0.3, -0.25) is 9.59 Å². The average Bonchev–Trinajstić information content (AvgIpc) is 1.87. The second kappa shape index (κ2) is 65.6. The second-order valence-corrected chi connectivity index (χ2v) is 26.7. The highest BCUT2D eigenvalue weighted by atomic mass is 16.7. The molecular weight excluding hydrogens is 1090 g/mol. The minimum Gasteiger partial charge on any atom is -0.466 e. The Morgan fingerprint density at radius 1 is 0.414 bits per heavy atom. The van der Waals surface area contributed by atoms with Crippen molar-refractivity contribution in [3.05, 3.63) is 24.3 Å². The minimum absolute atomic E-state index is 0.0171. The van der Waals surface area contributed by atoms with Crippen molar-refractivity contribution in [3.63, 3.8) is 0 Å². The summed E-state index contributed by atoms with van der Waals surface area (Å²) in [5.74, 6) is -0.168. The van der Waals surface area contributed by atoms with Gasteiger partial charge in [0.05, 0.1) is 32.0 Å². The van der Waals surface area contributed by atoms with Crippen molar-refractivity contribution in [1.29, 1.82) is 0 Å². The minimum atomic E-state index is -1.57. The van der Waals surface area contributed by atoms with Gasteiger partial charge in [0, 0.05) is 12.8 Å². The lowest BCUT2D eigenvalue weighted by molar-refractivity contribution is -0.302. The number of aliphatic hydroxyl groups excluding tert-OH is 5. The maximum atomic E-state index is 13.1. The van der Waals surface area contributed by atoms with Gasteiger partial charge in [0.15, 0.2) is 6.29 Å². The number of hydrogen-bond donors (Lipinski definition) is 6.